The molecule has 0 aliphatic carbocycles. The first-order valence-corrected chi connectivity index (χ1v) is 5.46. The van der Waals surface area contributed by atoms with Gasteiger partial charge in [0.1, 0.15) is 0 Å². The second kappa shape index (κ2) is 5.96. The molecule has 0 aromatic heterocycles. The van der Waals surface area contributed by atoms with Crippen LogP contribution in [0, 0.1) is 5.92 Å². The summed E-state index contributed by atoms with van der Waals surface area (Å²) in [5.74, 6) is -0.312. The minimum absolute atomic E-state index is 0.0364. The van der Waals surface area contributed by atoms with Crippen LogP contribution < -0.4 is 5.73 Å². The lowest BCUT2D eigenvalue weighted by atomic mass is 10.1. The lowest BCUT2D eigenvalue weighted by Gasteiger charge is -2.29. The first-order chi connectivity index (χ1) is 6.45. The highest BCUT2D eigenvalue weighted by atomic mass is 32.1. The maximum Gasteiger partial charge on any atom is 0.232 e. The van der Waals surface area contributed by atoms with Gasteiger partial charge in [0.25, 0.3) is 0 Å². The molecule has 0 bridgehead atoms. The summed E-state index contributed by atoms with van der Waals surface area (Å²) in [6.07, 6.45) is 0.948. The molecule has 1 amide bonds. The third-order valence-electron chi connectivity index (χ3n) is 2.54. The van der Waals surface area contributed by atoms with Crippen molar-refractivity contribution in [3.63, 3.8) is 0 Å². The highest BCUT2D eigenvalue weighted by Gasteiger charge is 2.24. The number of carbonyl (C=O) groups is 1. The lowest BCUT2D eigenvalue weighted by Crippen LogP contribution is -2.44. The molecule has 0 spiro atoms. The quantitative estimate of drug-likeness (QED) is 0.709. The number of amides is 1. The van der Waals surface area contributed by atoms with Crippen LogP contribution in [0.5, 0.6) is 0 Å². The summed E-state index contributed by atoms with van der Waals surface area (Å²) in [6, 6.07) is 0.254. The topological polar surface area (TPSA) is 46.3 Å². The summed E-state index contributed by atoms with van der Waals surface area (Å²) in [4.78, 5) is 14.0. The average molecular weight is 216 g/mol. The van der Waals surface area contributed by atoms with Crippen molar-refractivity contribution in [2.75, 3.05) is 6.54 Å². The number of rotatable bonds is 5. The molecule has 3 nitrogen and oxygen atoms in total. The minimum atomic E-state index is -0.348. The Kier molecular flexibility index (Phi) is 5.69. The van der Waals surface area contributed by atoms with Crippen LogP contribution in [-0.4, -0.2) is 28.4 Å². The minimum Gasteiger partial charge on any atom is -0.393 e. The van der Waals surface area contributed by atoms with Crippen LogP contribution in [0.2, 0.25) is 0 Å². The molecule has 0 aliphatic rings. The summed E-state index contributed by atoms with van der Waals surface area (Å²) in [6.45, 7) is 8.53. The van der Waals surface area contributed by atoms with Gasteiger partial charge in [-0.3, -0.25) is 4.79 Å². The lowest BCUT2D eigenvalue weighted by molar-refractivity contribution is -0.134. The largest absolute Gasteiger partial charge is 0.393 e. The first-order valence-electron chi connectivity index (χ1n) is 5.05. The SMILES string of the molecule is CCC(C)N(CC)C(=O)C(C)C(N)=S. The molecule has 0 radical (unpaired) electrons. The Labute approximate surface area is 91.6 Å². The van der Waals surface area contributed by atoms with E-state index in [2.05, 4.69) is 6.92 Å². The van der Waals surface area contributed by atoms with Gasteiger partial charge in [-0.25, -0.2) is 0 Å². The normalized spacial score (nSPS) is 14.6. The van der Waals surface area contributed by atoms with Crippen LogP contribution in [0.4, 0.5) is 0 Å². The molecular weight excluding hydrogens is 196 g/mol. The molecule has 0 saturated heterocycles. The number of nitrogens with zero attached hydrogens (tertiary/aromatic N) is 1. The second-order valence-electron chi connectivity index (χ2n) is 3.51. The van der Waals surface area contributed by atoms with E-state index >= 15 is 0 Å². The Bertz CT molecular complexity index is 218. The summed E-state index contributed by atoms with van der Waals surface area (Å²) < 4.78 is 0. The Morgan fingerprint density at radius 3 is 2.21 bits per heavy atom. The van der Waals surface area contributed by atoms with Crippen molar-refractivity contribution in [3.05, 3.63) is 0 Å². The maximum absolute atomic E-state index is 11.9. The van der Waals surface area contributed by atoms with Crippen molar-refractivity contribution in [2.45, 2.75) is 40.2 Å². The second-order valence-corrected chi connectivity index (χ2v) is 3.98. The van der Waals surface area contributed by atoms with Crippen molar-refractivity contribution in [1.82, 2.24) is 4.90 Å². The van der Waals surface area contributed by atoms with E-state index in [0.29, 0.717) is 6.54 Å². The maximum atomic E-state index is 11.9. The smallest absolute Gasteiger partial charge is 0.232 e. The van der Waals surface area contributed by atoms with E-state index in [-0.39, 0.29) is 22.9 Å². The number of hydrogen-bond donors (Lipinski definition) is 1. The molecule has 4 heteroatoms. The molecule has 0 fully saturated rings. The fraction of sp³-hybridized carbons (Fsp3) is 0.800. The van der Waals surface area contributed by atoms with Crippen LogP contribution in [-0.2, 0) is 4.79 Å². The van der Waals surface area contributed by atoms with E-state index in [9.17, 15) is 4.79 Å². The van der Waals surface area contributed by atoms with Gasteiger partial charge in [-0.2, -0.15) is 0 Å². The van der Waals surface area contributed by atoms with Crippen LogP contribution >= 0.6 is 12.2 Å². The van der Waals surface area contributed by atoms with Crippen molar-refractivity contribution < 1.29 is 4.79 Å². The number of thiocarbonyl (C=S) groups is 1. The Morgan fingerprint density at radius 2 is 1.93 bits per heavy atom. The zero-order chi connectivity index (χ0) is 11.3. The molecule has 0 aliphatic heterocycles. The van der Waals surface area contributed by atoms with Gasteiger partial charge < -0.3 is 10.6 Å². The van der Waals surface area contributed by atoms with Crippen molar-refractivity contribution in [3.8, 4) is 0 Å². The summed E-state index contributed by atoms with van der Waals surface area (Å²) in [5, 5.41) is 0. The molecule has 2 N–H and O–H groups in total. The summed E-state index contributed by atoms with van der Waals surface area (Å²) >= 11 is 4.81. The zero-order valence-electron chi connectivity index (χ0n) is 9.41. The van der Waals surface area contributed by atoms with Crippen LogP contribution in [0.15, 0.2) is 0 Å². The Balaban J connectivity index is 4.53. The molecule has 0 aromatic rings. The molecule has 0 heterocycles. The predicted molar refractivity (Wildman–Crippen MR) is 63.1 cm³/mol. The first kappa shape index (κ1) is 13.4. The molecule has 0 rings (SSSR count). The van der Waals surface area contributed by atoms with Gasteiger partial charge in [0.2, 0.25) is 5.91 Å². The van der Waals surface area contributed by atoms with E-state index in [1.165, 1.54) is 0 Å². The summed E-state index contributed by atoms with van der Waals surface area (Å²) in [5.41, 5.74) is 5.45. The molecule has 82 valence electrons. The van der Waals surface area contributed by atoms with E-state index < -0.39 is 0 Å². The fourth-order valence-electron chi connectivity index (χ4n) is 1.28. The highest BCUT2D eigenvalue weighted by molar-refractivity contribution is 7.80. The average Bonchev–Trinajstić information content (AvgIpc) is 2.16. The van der Waals surface area contributed by atoms with Gasteiger partial charge in [0.05, 0.1) is 10.9 Å². The van der Waals surface area contributed by atoms with Gasteiger partial charge in [-0.15, -0.1) is 0 Å². The number of nitrogens with two attached hydrogens (primary N) is 1. The van der Waals surface area contributed by atoms with Crippen molar-refractivity contribution in [2.24, 2.45) is 11.7 Å². The van der Waals surface area contributed by atoms with Gasteiger partial charge in [-0.05, 0) is 27.2 Å². The van der Waals surface area contributed by atoms with Gasteiger partial charge >= 0.3 is 0 Å². The Morgan fingerprint density at radius 1 is 1.43 bits per heavy atom. The molecule has 2 atom stereocenters. The van der Waals surface area contributed by atoms with Gasteiger partial charge in [-0.1, -0.05) is 19.1 Å². The Hall–Kier alpha value is -0.640. The molecule has 2 unspecified atom stereocenters. The molecule has 14 heavy (non-hydrogen) atoms. The van der Waals surface area contributed by atoms with Crippen LogP contribution in [0.3, 0.4) is 0 Å². The van der Waals surface area contributed by atoms with E-state index in [1.807, 2.05) is 18.7 Å². The monoisotopic (exact) mass is 216 g/mol. The standard InChI is InChI=1S/C10H20N2OS/c1-5-7(3)12(6-2)10(13)8(4)9(11)14/h7-8H,5-6H2,1-4H3,(H2,11,14). The molecule has 0 saturated carbocycles. The van der Waals surface area contributed by atoms with E-state index in [4.69, 9.17) is 18.0 Å². The van der Waals surface area contributed by atoms with Gasteiger partial charge in [0.15, 0.2) is 0 Å². The molecular formula is C10H20N2OS. The fourth-order valence-corrected chi connectivity index (χ4v) is 1.38. The third-order valence-corrected chi connectivity index (χ3v) is 2.90. The van der Waals surface area contributed by atoms with E-state index in [1.54, 1.807) is 6.92 Å². The summed E-state index contributed by atoms with van der Waals surface area (Å²) in [7, 11) is 0. The van der Waals surface area contributed by atoms with Crippen LogP contribution in [0.25, 0.3) is 0 Å². The molecule has 0 aromatic carbocycles. The van der Waals surface area contributed by atoms with Crippen molar-refractivity contribution in [1.29, 1.82) is 0 Å². The van der Waals surface area contributed by atoms with Crippen molar-refractivity contribution >= 4 is 23.1 Å². The van der Waals surface area contributed by atoms with Crippen LogP contribution in [0.1, 0.15) is 34.1 Å². The zero-order valence-corrected chi connectivity index (χ0v) is 10.2. The predicted octanol–water partition coefficient (Wildman–Crippen LogP) is 1.56. The van der Waals surface area contributed by atoms with E-state index in [0.717, 1.165) is 6.42 Å². The number of carbonyl (C=O) groups excluding carboxylic acids is 1. The third kappa shape index (κ3) is 3.25. The van der Waals surface area contributed by atoms with Gasteiger partial charge in [0, 0.05) is 12.6 Å². The number of hydrogen-bond acceptors (Lipinski definition) is 2. The highest BCUT2D eigenvalue weighted by Crippen LogP contribution is 2.09.